The second-order valence-corrected chi connectivity index (χ2v) is 6.08. The predicted octanol–water partition coefficient (Wildman–Crippen LogP) is 3.82. The lowest BCUT2D eigenvalue weighted by molar-refractivity contribution is -0.142. The highest BCUT2D eigenvalue weighted by Gasteiger charge is 2.40. The van der Waals surface area contributed by atoms with Crippen LogP contribution >= 0.6 is 0 Å². The van der Waals surface area contributed by atoms with Gasteiger partial charge in [0.15, 0.2) is 5.78 Å². The Balaban J connectivity index is 0.00000109. The number of nitrogens with zero attached hydrogens (tertiary/aromatic N) is 1. The fraction of sp³-hybridized carbons (Fsp3) is 0.333. The van der Waals surface area contributed by atoms with Gasteiger partial charge in [-0.05, 0) is 18.2 Å². The summed E-state index contributed by atoms with van der Waals surface area (Å²) in [6.45, 7) is 4.92. The standard InChI is InChI=1S/C19H19NO3.C2H6/c1-20-11-16(17(12-20)19(22)23)18(21)15-9-7-14(8-10-15)13-5-3-2-4-6-13;1-2/h2-10,16-17H,11-12H2,1H3,(H,22,23);1-2H3/t16-,17?;/m1./s1. The SMILES string of the molecule is CC.CN1CC(C(=O)O)[C@H](C(=O)c2ccc(-c3ccccc3)cc2)C1. The first-order chi connectivity index (χ1) is 12.1. The summed E-state index contributed by atoms with van der Waals surface area (Å²) >= 11 is 0. The molecule has 0 bridgehead atoms. The lowest BCUT2D eigenvalue weighted by atomic mass is 9.88. The van der Waals surface area contributed by atoms with Crippen molar-refractivity contribution in [2.24, 2.45) is 11.8 Å². The van der Waals surface area contributed by atoms with E-state index in [0.717, 1.165) is 11.1 Å². The summed E-state index contributed by atoms with van der Waals surface area (Å²) in [6, 6.07) is 17.4. The average molecular weight is 339 g/mol. The first-order valence-electron chi connectivity index (χ1n) is 8.67. The Labute approximate surface area is 149 Å². The van der Waals surface area contributed by atoms with Crippen molar-refractivity contribution in [2.45, 2.75) is 13.8 Å². The minimum absolute atomic E-state index is 0.0821. The smallest absolute Gasteiger partial charge is 0.308 e. The van der Waals surface area contributed by atoms with Crippen LogP contribution in [0, 0.1) is 11.8 Å². The molecule has 0 saturated carbocycles. The number of benzene rings is 2. The minimum atomic E-state index is -0.895. The van der Waals surface area contributed by atoms with Gasteiger partial charge < -0.3 is 10.0 Å². The molecule has 1 aliphatic rings. The van der Waals surface area contributed by atoms with E-state index in [0.29, 0.717) is 18.7 Å². The zero-order valence-corrected chi connectivity index (χ0v) is 15.0. The number of likely N-dealkylation sites (tertiary alicyclic amines) is 1. The van der Waals surface area contributed by atoms with Crippen LogP contribution in [0.25, 0.3) is 11.1 Å². The number of carboxylic acid groups (broad SMARTS) is 1. The maximum Gasteiger partial charge on any atom is 0.308 e. The monoisotopic (exact) mass is 339 g/mol. The number of carbonyl (C=O) groups excluding carboxylic acids is 1. The molecule has 0 aliphatic carbocycles. The van der Waals surface area contributed by atoms with E-state index in [1.807, 2.05) is 68.3 Å². The van der Waals surface area contributed by atoms with E-state index >= 15 is 0 Å². The Kier molecular flexibility index (Phi) is 6.48. The Morgan fingerprint density at radius 2 is 1.40 bits per heavy atom. The van der Waals surface area contributed by atoms with Gasteiger partial charge >= 0.3 is 5.97 Å². The number of aliphatic carboxylic acids is 1. The molecule has 2 aromatic carbocycles. The van der Waals surface area contributed by atoms with Crippen molar-refractivity contribution in [2.75, 3.05) is 20.1 Å². The van der Waals surface area contributed by atoms with Crippen LogP contribution < -0.4 is 0 Å². The number of rotatable bonds is 4. The van der Waals surface area contributed by atoms with Crippen molar-refractivity contribution in [3.8, 4) is 11.1 Å². The fourth-order valence-corrected chi connectivity index (χ4v) is 3.19. The first-order valence-corrected chi connectivity index (χ1v) is 8.67. The van der Waals surface area contributed by atoms with Crippen LogP contribution in [0.15, 0.2) is 54.6 Å². The van der Waals surface area contributed by atoms with E-state index in [1.165, 1.54) is 0 Å². The number of carboxylic acids is 1. The number of carbonyl (C=O) groups is 2. The molecule has 1 fully saturated rings. The maximum absolute atomic E-state index is 12.7. The Bertz CT molecular complexity index is 710. The number of Topliss-reactive ketones (excluding diaryl/α,β-unsaturated/α-hetero) is 1. The molecule has 3 rings (SSSR count). The van der Waals surface area contributed by atoms with E-state index in [1.54, 1.807) is 12.1 Å². The zero-order chi connectivity index (χ0) is 18.4. The summed E-state index contributed by atoms with van der Waals surface area (Å²) in [5.41, 5.74) is 2.72. The zero-order valence-electron chi connectivity index (χ0n) is 15.0. The Morgan fingerprint density at radius 3 is 1.96 bits per heavy atom. The molecule has 1 unspecified atom stereocenters. The minimum Gasteiger partial charge on any atom is -0.481 e. The molecule has 4 nitrogen and oxygen atoms in total. The molecule has 1 aliphatic heterocycles. The topological polar surface area (TPSA) is 57.6 Å². The summed E-state index contributed by atoms with van der Waals surface area (Å²) < 4.78 is 0. The third kappa shape index (κ3) is 4.34. The molecule has 1 N–H and O–H groups in total. The molecule has 1 heterocycles. The lowest BCUT2D eigenvalue weighted by Crippen LogP contribution is -2.28. The Hall–Kier alpha value is -2.46. The summed E-state index contributed by atoms with van der Waals surface area (Å²) in [5, 5.41) is 9.31. The van der Waals surface area contributed by atoms with E-state index in [9.17, 15) is 14.7 Å². The van der Waals surface area contributed by atoms with E-state index in [2.05, 4.69) is 0 Å². The van der Waals surface area contributed by atoms with Crippen molar-refractivity contribution in [1.82, 2.24) is 4.90 Å². The molecular formula is C21H25NO3. The summed E-state index contributed by atoms with van der Waals surface area (Å²) in [7, 11) is 1.85. The molecule has 0 aromatic heterocycles. The lowest BCUT2D eigenvalue weighted by Gasteiger charge is -2.13. The molecular weight excluding hydrogens is 314 g/mol. The highest BCUT2D eigenvalue weighted by molar-refractivity contribution is 6.00. The molecule has 0 spiro atoms. The molecule has 0 radical (unpaired) electrons. The molecule has 2 aromatic rings. The third-order valence-electron chi connectivity index (χ3n) is 4.43. The molecule has 0 amide bonds. The van der Waals surface area contributed by atoms with Gasteiger partial charge in [-0.15, -0.1) is 0 Å². The first kappa shape index (κ1) is 18.9. The van der Waals surface area contributed by atoms with E-state index in [4.69, 9.17) is 0 Å². The number of ketones is 1. The summed E-state index contributed by atoms with van der Waals surface area (Å²) in [5.74, 6) is -2.07. The normalized spacial score (nSPS) is 19.8. The van der Waals surface area contributed by atoms with Crippen molar-refractivity contribution in [3.63, 3.8) is 0 Å². The van der Waals surface area contributed by atoms with Gasteiger partial charge in [0, 0.05) is 24.6 Å². The van der Waals surface area contributed by atoms with Crippen LogP contribution in [-0.2, 0) is 4.79 Å². The van der Waals surface area contributed by atoms with Gasteiger partial charge in [0.2, 0.25) is 0 Å². The number of hydrogen-bond donors (Lipinski definition) is 1. The average Bonchev–Trinajstić information content (AvgIpc) is 3.06. The van der Waals surface area contributed by atoms with Crippen molar-refractivity contribution >= 4 is 11.8 Å². The maximum atomic E-state index is 12.7. The quantitative estimate of drug-likeness (QED) is 0.860. The van der Waals surface area contributed by atoms with Crippen molar-refractivity contribution in [3.05, 3.63) is 60.2 Å². The highest BCUT2D eigenvalue weighted by Crippen LogP contribution is 2.27. The van der Waals surface area contributed by atoms with Crippen LogP contribution in [-0.4, -0.2) is 41.9 Å². The van der Waals surface area contributed by atoms with Gasteiger partial charge in [0.1, 0.15) is 0 Å². The second-order valence-electron chi connectivity index (χ2n) is 6.08. The van der Waals surface area contributed by atoms with Crippen LogP contribution in [0.5, 0.6) is 0 Å². The van der Waals surface area contributed by atoms with Gasteiger partial charge in [0.25, 0.3) is 0 Å². The van der Waals surface area contributed by atoms with E-state index in [-0.39, 0.29) is 5.78 Å². The van der Waals surface area contributed by atoms with Gasteiger partial charge in [0.05, 0.1) is 5.92 Å². The second kappa shape index (κ2) is 8.58. The van der Waals surface area contributed by atoms with Gasteiger partial charge in [-0.2, -0.15) is 0 Å². The van der Waals surface area contributed by atoms with Gasteiger partial charge in [-0.3, -0.25) is 9.59 Å². The van der Waals surface area contributed by atoms with Crippen LogP contribution in [0.3, 0.4) is 0 Å². The molecule has 2 atom stereocenters. The van der Waals surface area contributed by atoms with Crippen molar-refractivity contribution in [1.29, 1.82) is 0 Å². The predicted molar refractivity (Wildman–Crippen MR) is 99.7 cm³/mol. The van der Waals surface area contributed by atoms with Crippen LogP contribution in [0.1, 0.15) is 24.2 Å². The molecule has 25 heavy (non-hydrogen) atoms. The van der Waals surface area contributed by atoms with Crippen LogP contribution in [0.4, 0.5) is 0 Å². The van der Waals surface area contributed by atoms with Gasteiger partial charge in [-0.1, -0.05) is 68.4 Å². The Morgan fingerprint density at radius 1 is 0.880 bits per heavy atom. The van der Waals surface area contributed by atoms with Gasteiger partial charge in [-0.25, -0.2) is 0 Å². The molecule has 1 saturated heterocycles. The molecule has 132 valence electrons. The fourth-order valence-electron chi connectivity index (χ4n) is 3.19. The highest BCUT2D eigenvalue weighted by atomic mass is 16.4. The molecule has 4 heteroatoms. The van der Waals surface area contributed by atoms with Crippen molar-refractivity contribution < 1.29 is 14.7 Å². The third-order valence-corrected chi connectivity index (χ3v) is 4.43. The van der Waals surface area contributed by atoms with E-state index < -0.39 is 17.8 Å². The van der Waals surface area contributed by atoms with Crippen LogP contribution in [0.2, 0.25) is 0 Å². The summed E-state index contributed by atoms with van der Waals surface area (Å²) in [6.07, 6.45) is 0. The number of hydrogen-bond acceptors (Lipinski definition) is 3. The summed E-state index contributed by atoms with van der Waals surface area (Å²) in [4.78, 5) is 25.9. The largest absolute Gasteiger partial charge is 0.481 e.